The van der Waals surface area contributed by atoms with E-state index in [2.05, 4.69) is 15.9 Å². The molecule has 4 heteroatoms. The molecule has 14 heavy (non-hydrogen) atoms. The number of hydrogen-bond donors (Lipinski definition) is 1. The van der Waals surface area contributed by atoms with Gasteiger partial charge in [-0.15, -0.1) is 11.6 Å². The van der Waals surface area contributed by atoms with E-state index in [4.69, 9.17) is 11.6 Å². The van der Waals surface area contributed by atoms with Gasteiger partial charge in [-0.3, -0.25) is 4.79 Å². The summed E-state index contributed by atoms with van der Waals surface area (Å²) in [5.74, 6) is 0.408. The third-order valence-corrected chi connectivity index (χ3v) is 2.54. The van der Waals surface area contributed by atoms with Crippen LogP contribution >= 0.6 is 27.5 Å². The van der Waals surface area contributed by atoms with Crippen LogP contribution in [0.4, 0.5) is 0 Å². The minimum atomic E-state index is 0.0394. The summed E-state index contributed by atoms with van der Waals surface area (Å²) >= 11 is 8.88. The number of phenols is 1. The molecule has 0 aliphatic rings. The maximum absolute atomic E-state index is 11.6. The molecule has 0 amide bonds. The Labute approximate surface area is 96.0 Å². The number of Topliss-reactive ketones (excluding diaryl/α,β-unsaturated/α-hetero) is 1. The number of carbonyl (C=O) groups is 1. The van der Waals surface area contributed by atoms with Gasteiger partial charge in [0.2, 0.25) is 0 Å². The Kier molecular flexibility index (Phi) is 4.42. The molecule has 1 aromatic rings. The lowest BCUT2D eigenvalue weighted by Gasteiger charge is -2.05. The maximum atomic E-state index is 11.6. The summed E-state index contributed by atoms with van der Waals surface area (Å²) in [5.41, 5.74) is 1.27. The van der Waals surface area contributed by atoms with Crippen LogP contribution in [0.3, 0.4) is 0 Å². The lowest BCUT2D eigenvalue weighted by Crippen LogP contribution is -2.03. The van der Waals surface area contributed by atoms with E-state index < -0.39 is 0 Å². The molecule has 0 aromatic heterocycles. The average Bonchev–Trinajstić information content (AvgIpc) is 2.17. The van der Waals surface area contributed by atoms with Crippen LogP contribution < -0.4 is 0 Å². The Balaban J connectivity index is 3.01. The molecule has 0 saturated carbocycles. The Bertz CT molecular complexity index is 339. The van der Waals surface area contributed by atoms with Gasteiger partial charge >= 0.3 is 0 Å². The number of ketones is 1. The number of aromatic hydroxyl groups is 1. The molecule has 0 aliphatic heterocycles. The minimum absolute atomic E-state index is 0.0394. The van der Waals surface area contributed by atoms with Crippen molar-refractivity contribution in [3.63, 3.8) is 0 Å². The molecule has 0 heterocycles. The maximum Gasteiger partial charge on any atom is 0.164 e. The van der Waals surface area contributed by atoms with E-state index in [1.54, 1.807) is 6.07 Å². The van der Waals surface area contributed by atoms with Crippen LogP contribution in [0, 0.1) is 0 Å². The van der Waals surface area contributed by atoms with Crippen molar-refractivity contribution in [3.8, 4) is 5.75 Å². The lowest BCUT2D eigenvalue weighted by molar-refractivity contribution is 0.0989. The van der Waals surface area contributed by atoms with Gasteiger partial charge in [0.05, 0.1) is 0 Å². The highest BCUT2D eigenvalue weighted by molar-refractivity contribution is 9.09. The number of hydrogen-bond acceptors (Lipinski definition) is 2. The van der Waals surface area contributed by atoms with E-state index in [1.807, 2.05) is 0 Å². The fourth-order valence-electron chi connectivity index (χ4n) is 1.18. The molecule has 0 fully saturated rings. The molecule has 76 valence electrons. The summed E-state index contributed by atoms with van der Waals surface area (Å²) in [7, 11) is 0. The molecular formula is C10H10BrClO2. The van der Waals surface area contributed by atoms with Gasteiger partial charge in [0.15, 0.2) is 5.78 Å². The molecule has 0 atom stereocenters. The van der Waals surface area contributed by atoms with Crippen molar-refractivity contribution >= 4 is 33.3 Å². The van der Waals surface area contributed by atoms with Gasteiger partial charge < -0.3 is 5.11 Å². The zero-order valence-electron chi connectivity index (χ0n) is 7.46. The second kappa shape index (κ2) is 5.37. The van der Waals surface area contributed by atoms with Crippen molar-refractivity contribution in [2.45, 2.75) is 12.3 Å². The van der Waals surface area contributed by atoms with E-state index in [9.17, 15) is 9.90 Å². The van der Waals surface area contributed by atoms with Crippen molar-refractivity contribution in [1.29, 1.82) is 0 Å². The molecule has 0 bridgehead atoms. The van der Waals surface area contributed by atoms with Gasteiger partial charge in [-0.25, -0.2) is 0 Å². The molecule has 0 saturated heterocycles. The van der Waals surface area contributed by atoms with Crippen molar-refractivity contribution in [3.05, 3.63) is 29.3 Å². The Morgan fingerprint density at radius 3 is 2.79 bits per heavy atom. The van der Waals surface area contributed by atoms with E-state index in [1.165, 1.54) is 12.1 Å². The normalized spacial score (nSPS) is 10.1. The van der Waals surface area contributed by atoms with Crippen LogP contribution in [0.2, 0.25) is 0 Å². The first kappa shape index (κ1) is 11.5. The monoisotopic (exact) mass is 276 g/mol. The quantitative estimate of drug-likeness (QED) is 0.678. The van der Waals surface area contributed by atoms with Crippen molar-refractivity contribution < 1.29 is 9.90 Å². The zero-order valence-corrected chi connectivity index (χ0v) is 9.81. The smallest absolute Gasteiger partial charge is 0.164 e. The van der Waals surface area contributed by atoms with Crippen LogP contribution in [0.1, 0.15) is 22.3 Å². The van der Waals surface area contributed by atoms with Gasteiger partial charge in [0.1, 0.15) is 5.75 Å². The van der Waals surface area contributed by atoms with Crippen LogP contribution in [-0.2, 0) is 5.88 Å². The van der Waals surface area contributed by atoms with E-state index in [0.29, 0.717) is 22.9 Å². The summed E-state index contributed by atoms with van der Waals surface area (Å²) in [6, 6.07) is 4.63. The highest BCUT2D eigenvalue weighted by atomic mass is 79.9. The third kappa shape index (κ3) is 2.72. The number of alkyl halides is 2. The first-order valence-electron chi connectivity index (χ1n) is 4.16. The highest BCUT2D eigenvalue weighted by Gasteiger charge is 2.10. The molecule has 1 rings (SSSR count). The number of benzene rings is 1. The summed E-state index contributed by atoms with van der Waals surface area (Å²) in [5, 5.41) is 9.83. The van der Waals surface area contributed by atoms with Gasteiger partial charge in [0, 0.05) is 23.2 Å². The van der Waals surface area contributed by atoms with Crippen molar-refractivity contribution in [2.24, 2.45) is 0 Å². The Morgan fingerprint density at radius 2 is 2.21 bits per heavy atom. The van der Waals surface area contributed by atoms with E-state index >= 15 is 0 Å². The van der Waals surface area contributed by atoms with Crippen LogP contribution in [0.25, 0.3) is 0 Å². The number of phenolic OH excluding ortho intramolecular Hbond substituents is 1. The van der Waals surface area contributed by atoms with Gasteiger partial charge in [0.25, 0.3) is 0 Å². The molecule has 0 spiro atoms. The third-order valence-electron chi connectivity index (χ3n) is 1.85. The van der Waals surface area contributed by atoms with Crippen LogP contribution in [-0.4, -0.2) is 16.2 Å². The topological polar surface area (TPSA) is 37.3 Å². The average molecular weight is 278 g/mol. The van der Waals surface area contributed by atoms with Crippen LogP contribution in [0.15, 0.2) is 18.2 Å². The first-order valence-corrected chi connectivity index (χ1v) is 5.81. The lowest BCUT2D eigenvalue weighted by atomic mass is 10.0. The summed E-state index contributed by atoms with van der Waals surface area (Å²) in [4.78, 5) is 11.6. The van der Waals surface area contributed by atoms with Gasteiger partial charge in [-0.2, -0.15) is 0 Å². The number of halogens is 2. The first-order chi connectivity index (χ1) is 6.69. The highest BCUT2D eigenvalue weighted by Crippen LogP contribution is 2.20. The Morgan fingerprint density at radius 1 is 1.50 bits per heavy atom. The second-order valence-corrected chi connectivity index (χ2v) is 3.90. The second-order valence-electron chi connectivity index (χ2n) is 2.84. The summed E-state index contributed by atoms with van der Waals surface area (Å²) in [6.07, 6.45) is 0.439. The van der Waals surface area contributed by atoms with Crippen molar-refractivity contribution in [2.75, 3.05) is 5.33 Å². The Hall–Kier alpha value is -0.540. The molecule has 2 nitrogen and oxygen atoms in total. The standard InChI is InChI=1S/C10H10BrClO2/c11-4-3-10(14)9-2-1-8(13)5-7(9)6-12/h1-2,5,13H,3-4,6H2. The van der Waals surface area contributed by atoms with Crippen molar-refractivity contribution in [1.82, 2.24) is 0 Å². The minimum Gasteiger partial charge on any atom is -0.508 e. The largest absolute Gasteiger partial charge is 0.508 e. The molecule has 0 aliphatic carbocycles. The van der Waals surface area contributed by atoms with E-state index in [-0.39, 0.29) is 17.4 Å². The van der Waals surface area contributed by atoms with Gasteiger partial charge in [-0.1, -0.05) is 15.9 Å². The number of rotatable bonds is 4. The predicted molar refractivity (Wildman–Crippen MR) is 60.4 cm³/mol. The predicted octanol–water partition coefficient (Wildman–Crippen LogP) is 3.10. The summed E-state index contributed by atoms with van der Waals surface area (Å²) < 4.78 is 0. The number of carbonyl (C=O) groups excluding carboxylic acids is 1. The van der Waals surface area contributed by atoms with E-state index in [0.717, 1.165) is 0 Å². The van der Waals surface area contributed by atoms with Gasteiger partial charge in [-0.05, 0) is 23.8 Å². The zero-order chi connectivity index (χ0) is 10.6. The summed E-state index contributed by atoms with van der Waals surface area (Å²) in [6.45, 7) is 0. The molecular weight excluding hydrogens is 267 g/mol. The fourth-order valence-corrected chi connectivity index (χ4v) is 1.76. The molecule has 1 N–H and O–H groups in total. The molecule has 0 unspecified atom stereocenters. The van der Waals surface area contributed by atoms with Crippen LogP contribution in [0.5, 0.6) is 5.75 Å². The molecule has 1 aromatic carbocycles. The molecule has 0 radical (unpaired) electrons. The SMILES string of the molecule is O=C(CCBr)c1ccc(O)cc1CCl. The fraction of sp³-hybridized carbons (Fsp3) is 0.300.